The number of rotatable bonds is 8. The van der Waals surface area contributed by atoms with Crippen LogP contribution >= 0.6 is 0 Å². The number of ether oxygens (including phenoxy) is 2. The van der Waals surface area contributed by atoms with Crippen molar-refractivity contribution in [3.05, 3.63) is 65.7 Å². The lowest BCUT2D eigenvalue weighted by molar-refractivity contribution is -0.150. The van der Waals surface area contributed by atoms with Crippen LogP contribution in [-0.2, 0) is 20.9 Å². The molecule has 0 radical (unpaired) electrons. The largest absolute Gasteiger partial charge is 0.484 e. The lowest BCUT2D eigenvalue weighted by Crippen LogP contribution is -2.46. The van der Waals surface area contributed by atoms with Crippen LogP contribution in [0, 0.1) is 12.8 Å². The monoisotopic (exact) mass is 355 g/mol. The molecular formula is C21H25NO4. The van der Waals surface area contributed by atoms with Crippen LogP contribution in [0.15, 0.2) is 54.6 Å². The standard InChI is InChI=1S/C21H25NO4/c1-15(2)20(21(24)26-13-17-11-9-16(3)10-12-17)22-19(23)14-25-18-7-5-4-6-8-18/h4-12,15,20H,13-14H2,1-3H3,(H,22,23)/t20-/m0/s1. The molecule has 0 unspecified atom stereocenters. The molecule has 2 rings (SSSR count). The quantitative estimate of drug-likeness (QED) is 0.738. The fourth-order valence-electron chi connectivity index (χ4n) is 2.31. The van der Waals surface area contributed by atoms with Gasteiger partial charge in [0, 0.05) is 0 Å². The van der Waals surface area contributed by atoms with E-state index in [0.29, 0.717) is 5.75 Å². The Labute approximate surface area is 154 Å². The average molecular weight is 355 g/mol. The van der Waals surface area contributed by atoms with E-state index in [4.69, 9.17) is 9.47 Å². The number of para-hydroxylation sites is 1. The van der Waals surface area contributed by atoms with Gasteiger partial charge in [-0.15, -0.1) is 0 Å². The Bertz CT molecular complexity index is 711. The van der Waals surface area contributed by atoms with Gasteiger partial charge >= 0.3 is 5.97 Å². The second-order valence-electron chi connectivity index (χ2n) is 6.48. The second kappa shape index (κ2) is 9.61. The van der Waals surface area contributed by atoms with Crippen molar-refractivity contribution in [1.29, 1.82) is 0 Å². The highest BCUT2D eigenvalue weighted by atomic mass is 16.5. The van der Waals surface area contributed by atoms with Gasteiger partial charge in [0.1, 0.15) is 18.4 Å². The van der Waals surface area contributed by atoms with Crippen LogP contribution in [0.5, 0.6) is 5.75 Å². The first kappa shape index (κ1) is 19.5. The summed E-state index contributed by atoms with van der Waals surface area (Å²) in [5.74, 6) is -0.305. The number of amides is 1. The molecule has 0 saturated heterocycles. The minimum atomic E-state index is -0.715. The van der Waals surface area contributed by atoms with Crippen molar-refractivity contribution in [2.75, 3.05) is 6.61 Å². The van der Waals surface area contributed by atoms with Crippen LogP contribution in [0.4, 0.5) is 0 Å². The third-order valence-electron chi connectivity index (χ3n) is 3.85. The van der Waals surface area contributed by atoms with E-state index in [9.17, 15) is 9.59 Å². The first-order valence-electron chi connectivity index (χ1n) is 8.65. The van der Waals surface area contributed by atoms with Gasteiger partial charge < -0.3 is 14.8 Å². The number of carbonyl (C=O) groups is 2. The number of benzene rings is 2. The summed E-state index contributed by atoms with van der Waals surface area (Å²) in [6.45, 7) is 5.74. The van der Waals surface area contributed by atoms with E-state index in [1.54, 1.807) is 12.1 Å². The number of aryl methyl sites for hydroxylation is 1. The van der Waals surface area contributed by atoms with Gasteiger partial charge in [-0.25, -0.2) is 4.79 Å². The molecule has 0 bridgehead atoms. The molecule has 26 heavy (non-hydrogen) atoms. The van der Waals surface area contributed by atoms with Crippen LogP contribution in [0.3, 0.4) is 0 Å². The number of esters is 1. The van der Waals surface area contributed by atoms with Crippen molar-refractivity contribution in [2.24, 2.45) is 5.92 Å². The summed E-state index contributed by atoms with van der Waals surface area (Å²) in [7, 11) is 0. The lowest BCUT2D eigenvalue weighted by atomic mass is 10.0. The zero-order chi connectivity index (χ0) is 18.9. The summed E-state index contributed by atoms with van der Waals surface area (Å²) in [5.41, 5.74) is 2.05. The summed E-state index contributed by atoms with van der Waals surface area (Å²) in [5, 5.41) is 2.69. The van der Waals surface area contributed by atoms with Crippen molar-refractivity contribution < 1.29 is 19.1 Å². The Morgan fingerprint density at radius 3 is 2.27 bits per heavy atom. The predicted molar refractivity (Wildman–Crippen MR) is 99.7 cm³/mol. The third-order valence-corrected chi connectivity index (χ3v) is 3.85. The molecule has 5 nitrogen and oxygen atoms in total. The SMILES string of the molecule is Cc1ccc(COC(=O)[C@@H](NC(=O)COc2ccccc2)C(C)C)cc1. The van der Waals surface area contributed by atoms with Crippen molar-refractivity contribution in [3.63, 3.8) is 0 Å². The van der Waals surface area contributed by atoms with E-state index in [1.165, 1.54) is 0 Å². The normalized spacial score (nSPS) is 11.7. The maximum Gasteiger partial charge on any atom is 0.329 e. The second-order valence-corrected chi connectivity index (χ2v) is 6.48. The fraction of sp³-hybridized carbons (Fsp3) is 0.333. The molecule has 1 amide bonds. The molecule has 138 valence electrons. The number of carbonyl (C=O) groups excluding carboxylic acids is 2. The van der Waals surface area contributed by atoms with Gasteiger partial charge in [0.25, 0.3) is 5.91 Å². The zero-order valence-electron chi connectivity index (χ0n) is 15.4. The Morgan fingerprint density at radius 1 is 1.00 bits per heavy atom. The molecule has 0 aliphatic rings. The van der Waals surface area contributed by atoms with E-state index < -0.39 is 12.0 Å². The van der Waals surface area contributed by atoms with E-state index >= 15 is 0 Å². The molecular weight excluding hydrogens is 330 g/mol. The maximum atomic E-state index is 12.4. The van der Waals surface area contributed by atoms with Crippen molar-refractivity contribution in [2.45, 2.75) is 33.4 Å². The Kier molecular flexibility index (Phi) is 7.21. The highest BCUT2D eigenvalue weighted by molar-refractivity contribution is 5.85. The van der Waals surface area contributed by atoms with Crippen LogP contribution in [0.25, 0.3) is 0 Å². The lowest BCUT2D eigenvalue weighted by Gasteiger charge is -2.21. The van der Waals surface area contributed by atoms with E-state index in [1.807, 2.05) is 63.2 Å². The molecule has 1 N–H and O–H groups in total. The Hall–Kier alpha value is -2.82. The topological polar surface area (TPSA) is 64.6 Å². The van der Waals surface area contributed by atoms with Gasteiger partial charge in [-0.1, -0.05) is 61.9 Å². The van der Waals surface area contributed by atoms with Crippen LogP contribution in [0.2, 0.25) is 0 Å². The molecule has 0 spiro atoms. The highest BCUT2D eigenvalue weighted by Gasteiger charge is 2.25. The van der Waals surface area contributed by atoms with Crippen molar-refractivity contribution in [3.8, 4) is 5.75 Å². The minimum absolute atomic E-state index is 0.0961. The number of nitrogens with one attached hydrogen (secondary N) is 1. The van der Waals surface area contributed by atoms with Gasteiger partial charge in [-0.05, 0) is 30.5 Å². The molecule has 2 aromatic rings. The van der Waals surface area contributed by atoms with Crippen LogP contribution in [0.1, 0.15) is 25.0 Å². The molecule has 5 heteroatoms. The maximum absolute atomic E-state index is 12.4. The van der Waals surface area contributed by atoms with Gasteiger partial charge in [-0.3, -0.25) is 4.79 Å². The molecule has 0 saturated carbocycles. The molecule has 0 aliphatic heterocycles. The molecule has 0 aliphatic carbocycles. The first-order chi connectivity index (χ1) is 12.5. The minimum Gasteiger partial charge on any atom is -0.484 e. The Morgan fingerprint density at radius 2 is 1.65 bits per heavy atom. The molecule has 0 fully saturated rings. The molecule has 0 heterocycles. The van der Waals surface area contributed by atoms with E-state index in [-0.39, 0.29) is 25.0 Å². The summed E-state index contributed by atoms with van der Waals surface area (Å²) in [6, 6.07) is 16.1. The molecule has 2 aromatic carbocycles. The summed E-state index contributed by atoms with van der Waals surface area (Å²) in [6.07, 6.45) is 0. The summed E-state index contributed by atoms with van der Waals surface area (Å²) < 4.78 is 10.8. The smallest absolute Gasteiger partial charge is 0.329 e. The average Bonchev–Trinajstić information content (AvgIpc) is 2.64. The van der Waals surface area contributed by atoms with Gasteiger partial charge in [-0.2, -0.15) is 0 Å². The fourth-order valence-corrected chi connectivity index (χ4v) is 2.31. The van der Waals surface area contributed by atoms with E-state index in [2.05, 4.69) is 5.32 Å². The van der Waals surface area contributed by atoms with Crippen LogP contribution in [-0.4, -0.2) is 24.5 Å². The number of hydrogen-bond acceptors (Lipinski definition) is 4. The molecule has 0 aromatic heterocycles. The third kappa shape index (κ3) is 6.24. The van der Waals surface area contributed by atoms with Gasteiger partial charge in [0.05, 0.1) is 0 Å². The van der Waals surface area contributed by atoms with Gasteiger partial charge in [0.2, 0.25) is 0 Å². The zero-order valence-corrected chi connectivity index (χ0v) is 15.4. The van der Waals surface area contributed by atoms with Crippen molar-refractivity contribution >= 4 is 11.9 Å². The van der Waals surface area contributed by atoms with E-state index in [0.717, 1.165) is 11.1 Å². The van der Waals surface area contributed by atoms with Gasteiger partial charge in [0.15, 0.2) is 6.61 Å². The number of hydrogen-bond donors (Lipinski definition) is 1. The van der Waals surface area contributed by atoms with Crippen molar-refractivity contribution in [1.82, 2.24) is 5.32 Å². The Balaban J connectivity index is 1.85. The molecule has 1 atom stereocenters. The first-order valence-corrected chi connectivity index (χ1v) is 8.65. The summed E-state index contributed by atoms with van der Waals surface area (Å²) in [4.78, 5) is 24.5. The summed E-state index contributed by atoms with van der Waals surface area (Å²) >= 11 is 0. The highest BCUT2D eigenvalue weighted by Crippen LogP contribution is 2.10. The van der Waals surface area contributed by atoms with Crippen LogP contribution < -0.4 is 10.1 Å². The predicted octanol–water partition coefficient (Wildman–Crippen LogP) is 3.26.